The molecule has 2 N–H and O–H groups in total. The van der Waals surface area contributed by atoms with Crippen LogP contribution in [0.3, 0.4) is 0 Å². The summed E-state index contributed by atoms with van der Waals surface area (Å²) >= 11 is 0. The van der Waals surface area contributed by atoms with Crippen LogP contribution in [0, 0.1) is 33.6 Å². The van der Waals surface area contributed by atoms with E-state index in [-0.39, 0.29) is 11.8 Å². The van der Waals surface area contributed by atoms with Crippen molar-refractivity contribution in [1.29, 1.82) is 0 Å². The molecule has 1 aliphatic rings. The SMILES string of the molecule is Cc1cc(C)c(C)c(S(=O)(=O)N2CCC(C(N)=O)CC2)c1C. The molecule has 1 aromatic carbocycles. The molecule has 0 saturated carbocycles. The van der Waals surface area contributed by atoms with Crippen molar-refractivity contribution in [3.8, 4) is 0 Å². The van der Waals surface area contributed by atoms with Gasteiger partial charge in [0, 0.05) is 19.0 Å². The van der Waals surface area contributed by atoms with Gasteiger partial charge in [0.2, 0.25) is 15.9 Å². The summed E-state index contributed by atoms with van der Waals surface area (Å²) in [5.41, 5.74) is 8.89. The molecule has 1 saturated heterocycles. The van der Waals surface area contributed by atoms with Crippen LogP contribution in [-0.2, 0) is 14.8 Å². The van der Waals surface area contributed by atoms with Gasteiger partial charge in [0.1, 0.15) is 0 Å². The highest BCUT2D eigenvalue weighted by Gasteiger charge is 2.33. The maximum atomic E-state index is 13.0. The second-order valence-corrected chi connectivity index (χ2v) is 8.04. The molecule has 1 heterocycles. The van der Waals surface area contributed by atoms with Gasteiger partial charge in [-0.1, -0.05) is 6.07 Å². The third kappa shape index (κ3) is 2.90. The van der Waals surface area contributed by atoms with E-state index in [1.54, 1.807) is 0 Å². The first-order valence-electron chi connectivity index (χ1n) is 7.53. The van der Waals surface area contributed by atoms with Crippen LogP contribution in [0.25, 0.3) is 0 Å². The van der Waals surface area contributed by atoms with Crippen LogP contribution in [-0.4, -0.2) is 31.7 Å². The fraction of sp³-hybridized carbons (Fsp3) is 0.562. The summed E-state index contributed by atoms with van der Waals surface area (Å²) in [6, 6.07) is 2.02. The second kappa shape index (κ2) is 6.01. The van der Waals surface area contributed by atoms with Crippen LogP contribution in [0.4, 0.5) is 0 Å². The summed E-state index contributed by atoms with van der Waals surface area (Å²) in [6.07, 6.45) is 0.995. The smallest absolute Gasteiger partial charge is 0.243 e. The molecule has 6 heteroatoms. The Hall–Kier alpha value is -1.40. The van der Waals surface area contributed by atoms with Crippen molar-refractivity contribution in [2.45, 2.75) is 45.4 Å². The Labute approximate surface area is 132 Å². The lowest BCUT2D eigenvalue weighted by atomic mass is 9.98. The fourth-order valence-electron chi connectivity index (χ4n) is 3.08. The Morgan fingerprint density at radius 1 is 1.09 bits per heavy atom. The van der Waals surface area contributed by atoms with E-state index in [1.807, 2.05) is 33.8 Å². The number of rotatable bonds is 3. The second-order valence-electron chi connectivity index (χ2n) is 6.17. The van der Waals surface area contributed by atoms with E-state index in [1.165, 1.54) is 4.31 Å². The zero-order valence-electron chi connectivity index (χ0n) is 13.6. The lowest BCUT2D eigenvalue weighted by Gasteiger charge is -2.31. The van der Waals surface area contributed by atoms with Crippen LogP contribution in [0.2, 0.25) is 0 Å². The summed E-state index contributed by atoms with van der Waals surface area (Å²) in [7, 11) is -3.54. The van der Waals surface area contributed by atoms with E-state index in [0.29, 0.717) is 30.8 Å². The van der Waals surface area contributed by atoms with Crippen LogP contribution < -0.4 is 5.73 Å². The lowest BCUT2D eigenvalue weighted by Crippen LogP contribution is -2.42. The first-order chi connectivity index (χ1) is 10.2. The topological polar surface area (TPSA) is 80.5 Å². The zero-order chi connectivity index (χ0) is 16.7. The molecule has 1 fully saturated rings. The number of hydrogen-bond acceptors (Lipinski definition) is 3. The van der Waals surface area contributed by atoms with Crippen molar-refractivity contribution in [2.24, 2.45) is 11.7 Å². The Kier molecular flexibility index (Phi) is 4.63. The summed E-state index contributed by atoms with van der Waals surface area (Å²) in [5, 5.41) is 0. The molecule has 1 aromatic rings. The molecule has 1 amide bonds. The zero-order valence-corrected chi connectivity index (χ0v) is 14.5. The number of carbonyl (C=O) groups is 1. The first-order valence-corrected chi connectivity index (χ1v) is 8.97. The van der Waals surface area contributed by atoms with Crippen molar-refractivity contribution in [3.05, 3.63) is 28.3 Å². The number of aryl methyl sites for hydroxylation is 2. The van der Waals surface area contributed by atoms with Gasteiger partial charge < -0.3 is 5.73 Å². The molecule has 2 rings (SSSR count). The number of hydrogen-bond donors (Lipinski definition) is 1. The predicted octanol–water partition coefficient (Wildman–Crippen LogP) is 1.81. The van der Waals surface area contributed by atoms with Gasteiger partial charge in [-0.15, -0.1) is 0 Å². The van der Waals surface area contributed by atoms with Crippen LogP contribution in [0.1, 0.15) is 35.1 Å². The normalized spacial score (nSPS) is 17.6. The van der Waals surface area contributed by atoms with E-state index in [0.717, 1.165) is 22.3 Å². The molecule has 0 spiro atoms. The number of carbonyl (C=O) groups excluding carboxylic acids is 1. The fourth-order valence-corrected chi connectivity index (χ4v) is 5.12. The Bertz CT molecular complexity index is 676. The van der Waals surface area contributed by atoms with E-state index in [4.69, 9.17) is 5.73 Å². The molecule has 0 aliphatic carbocycles. The van der Waals surface area contributed by atoms with Crippen LogP contribution in [0.5, 0.6) is 0 Å². The van der Waals surface area contributed by atoms with Gasteiger partial charge in [-0.3, -0.25) is 4.79 Å². The van der Waals surface area contributed by atoms with Crippen molar-refractivity contribution in [2.75, 3.05) is 13.1 Å². The standard InChI is InChI=1S/C16H24N2O3S/c1-10-9-11(2)13(4)15(12(10)3)22(20,21)18-7-5-14(6-8-18)16(17)19/h9,14H,5-8H2,1-4H3,(H2,17,19). The number of piperidine rings is 1. The van der Waals surface area contributed by atoms with Crippen molar-refractivity contribution >= 4 is 15.9 Å². The number of amides is 1. The minimum atomic E-state index is -3.54. The van der Waals surface area contributed by atoms with Gasteiger partial charge >= 0.3 is 0 Å². The quantitative estimate of drug-likeness (QED) is 0.920. The molecule has 0 radical (unpaired) electrons. The Morgan fingerprint density at radius 2 is 1.55 bits per heavy atom. The third-order valence-electron chi connectivity index (χ3n) is 4.75. The van der Waals surface area contributed by atoms with Crippen molar-refractivity contribution in [1.82, 2.24) is 4.31 Å². The predicted molar refractivity (Wildman–Crippen MR) is 86.1 cm³/mol. The van der Waals surface area contributed by atoms with Gasteiger partial charge in [0.25, 0.3) is 0 Å². The molecule has 0 aromatic heterocycles. The first kappa shape index (κ1) is 17.0. The summed E-state index contributed by atoms with van der Waals surface area (Å²) < 4.78 is 27.5. The average Bonchev–Trinajstić information content (AvgIpc) is 2.45. The summed E-state index contributed by atoms with van der Waals surface area (Å²) in [6.45, 7) is 8.26. The monoisotopic (exact) mass is 324 g/mol. The van der Waals surface area contributed by atoms with Crippen LogP contribution in [0.15, 0.2) is 11.0 Å². The van der Waals surface area contributed by atoms with E-state index in [2.05, 4.69) is 0 Å². The Morgan fingerprint density at radius 3 is 1.95 bits per heavy atom. The van der Waals surface area contributed by atoms with Gasteiger partial charge in [-0.25, -0.2) is 8.42 Å². The molecule has 1 aliphatic heterocycles. The van der Waals surface area contributed by atoms with Crippen LogP contribution >= 0.6 is 0 Å². The van der Waals surface area contributed by atoms with Gasteiger partial charge in [-0.2, -0.15) is 4.31 Å². The molecular formula is C16H24N2O3S. The maximum Gasteiger partial charge on any atom is 0.243 e. The number of primary amides is 1. The average molecular weight is 324 g/mol. The molecule has 0 bridgehead atoms. The van der Waals surface area contributed by atoms with E-state index >= 15 is 0 Å². The minimum Gasteiger partial charge on any atom is -0.369 e. The molecule has 0 atom stereocenters. The minimum absolute atomic E-state index is 0.215. The maximum absolute atomic E-state index is 13.0. The lowest BCUT2D eigenvalue weighted by molar-refractivity contribution is -0.122. The summed E-state index contributed by atoms with van der Waals surface area (Å²) in [4.78, 5) is 11.7. The highest BCUT2D eigenvalue weighted by atomic mass is 32.2. The largest absolute Gasteiger partial charge is 0.369 e. The molecular weight excluding hydrogens is 300 g/mol. The number of sulfonamides is 1. The van der Waals surface area contributed by atoms with Gasteiger partial charge in [0.05, 0.1) is 4.90 Å². The van der Waals surface area contributed by atoms with Crippen molar-refractivity contribution in [3.63, 3.8) is 0 Å². The third-order valence-corrected chi connectivity index (χ3v) is 6.92. The Balaban J connectivity index is 2.39. The summed E-state index contributed by atoms with van der Waals surface area (Å²) in [5.74, 6) is -0.552. The molecule has 0 unspecified atom stereocenters. The molecule has 122 valence electrons. The number of benzene rings is 1. The number of nitrogens with two attached hydrogens (primary N) is 1. The van der Waals surface area contributed by atoms with Gasteiger partial charge in [-0.05, 0) is 62.8 Å². The van der Waals surface area contributed by atoms with E-state index in [9.17, 15) is 13.2 Å². The molecule has 5 nitrogen and oxygen atoms in total. The van der Waals surface area contributed by atoms with Crippen molar-refractivity contribution < 1.29 is 13.2 Å². The van der Waals surface area contributed by atoms with Gasteiger partial charge in [0.15, 0.2) is 0 Å². The molecule has 22 heavy (non-hydrogen) atoms. The highest BCUT2D eigenvalue weighted by molar-refractivity contribution is 7.89. The highest BCUT2D eigenvalue weighted by Crippen LogP contribution is 2.31. The number of nitrogens with zero attached hydrogens (tertiary/aromatic N) is 1. The van der Waals surface area contributed by atoms with E-state index < -0.39 is 10.0 Å².